The molecule has 0 aromatic heterocycles. The summed E-state index contributed by atoms with van der Waals surface area (Å²) in [5.74, 6) is 0.751. The van der Waals surface area contributed by atoms with Gasteiger partial charge in [0.2, 0.25) is 0 Å². The first-order valence-electron chi connectivity index (χ1n) is 4.86. The molecule has 0 bridgehead atoms. The lowest BCUT2D eigenvalue weighted by atomic mass is 9.92. The third kappa shape index (κ3) is 1.14. The maximum atomic E-state index is 9.11. The lowest BCUT2D eigenvalue weighted by molar-refractivity contribution is 0.194. The summed E-state index contributed by atoms with van der Waals surface area (Å²) in [4.78, 5) is 2.27. The number of nitrogens with zero attached hydrogens (tertiary/aromatic N) is 1. The summed E-state index contributed by atoms with van der Waals surface area (Å²) in [5, 5.41) is 9.11. The highest BCUT2D eigenvalue weighted by Gasteiger charge is 2.33. The molecule has 0 aromatic carbocycles. The zero-order valence-electron chi connectivity index (χ0n) is 7.66. The number of aliphatic hydroxyl groups is 1. The number of hydrogen-bond acceptors (Lipinski definition) is 2. The first-order valence-corrected chi connectivity index (χ1v) is 4.86. The Morgan fingerprint density at radius 2 is 2.50 bits per heavy atom. The lowest BCUT2D eigenvalue weighted by Gasteiger charge is -2.23. The molecule has 68 valence electrons. The third-order valence-corrected chi connectivity index (χ3v) is 3.25. The van der Waals surface area contributed by atoms with Gasteiger partial charge in [0.1, 0.15) is 0 Å². The molecule has 1 heterocycles. The van der Waals surface area contributed by atoms with E-state index in [2.05, 4.69) is 18.0 Å². The van der Waals surface area contributed by atoms with Gasteiger partial charge in [0.15, 0.2) is 0 Å². The van der Waals surface area contributed by atoms with Gasteiger partial charge in [-0.2, -0.15) is 0 Å². The van der Waals surface area contributed by atoms with Crippen molar-refractivity contribution in [3.8, 4) is 0 Å². The molecule has 2 rings (SSSR count). The van der Waals surface area contributed by atoms with Gasteiger partial charge in [-0.1, -0.05) is 6.08 Å². The van der Waals surface area contributed by atoms with Crippen LogP contribution in [0.15, 0.2) is 11.8 Å². The van der Waals surface area contributed by atoms with Gasteiger partial charge in [-0.15, -0.1) is 0 Å². The number of fused-ring (bicyclic) bond motifs is 1. The van der Waals surface area contributed by atoms with Gasteiger partial charge in [-0.05, 0) is 25.7 Å². The lowest BCUT2D eigenvalue weighted by Crippen LogP contribution is -2.27. The van der Waals surface area contributed by atoms with E-state index in [1.807, 2.05) is 0 Å². The van der Waals surface area contributed by atoms with Crippen LogP contribution in [0.2, 0.25) is 0 Å². The summed E-state index contributed by atoms with van der Waals surface area (Å²) in [7, 11) is 2.11. The van der Waals surface area contributed by atoms with Crippen LogP contribution in [-0.2, 0) is 0 Å². The van der Waals surface area contributed by atoms with Crippen molar-refractivity contribution in [2.24, 2.45) is 5.92 Å². The number of rotatable bonds is 1. The standard InChI is InChI=1S/C10H17NO/c1-11-9(7-12)6-8-4-2-3-5-10(8)11/h5,8-9,12H,2-4,6-7H2,1H3/t8?,9-/m1/s1. The normalized spacial score (nSPS) is 34.8. The number of hydrogen-bond donors (Lipinski definition) is 1. The summed E-state index contributed by atoms with van der Waals surface area (Å²) in [5.41, 5.74) is 1.49. The second-order valence-corrected chi connectivity index (χ2v) is 3.94. The Labute approximate surface area is 73.9 Å². The van der Waals surface area contributed by atoms with Crippen LogP contribution >= 0.6 is 0 Å². The van der Waals surface area contributed by atoms with E-state index in [1.165, 1.54) is 31.4 Å². The molecular formula is C10H17NO. The molecule has 0 radical (unpaired) electrons. The Kier molecular flexibility index (Phi) is 2.09. The summed E-state index contributed by atoms with van der Waals surface area (Å²) in [6.45, 7) is 0.310. The fraction of sp³-hybridized carbons (Fsp3) is 0.800. The monoisotopic (exact) mass is 167 g/mol. The van der Waals surface area contributed by atoms with E-state index in [4.69, 9.17) is 5.11 Å². The first kappa shape index (κ1) is 8.11. The maximum absolute atomic E-state index is 9.11. The number of likely N-dealkylation sites (tertiary alicyclic amines) is 1. The highest BCUT2D eigenvalue weighted by atomic mass is 16.3. The Morgan fingerprint density at radius 1 is 1.67 bits per heavy atom. The molecule has 0 amide bonds. The minimum atomic E-state index is 0.310. The molecule has 1 aliphatic carbocycles. The maximum Gasteiger partial charge on any atom is 0.0635 e. The first-order chi connectivity index (χ1) is 5.83. The molecule has 2 heteroatoms. The Hall–Kier alpha value is -0.500. The van der Waals surface area contributed by atoms with Crippen molar-refractivity contribution < 1.29 is 5.11 Å². The summed E-state index contributed by atoms with van der Waals surface area (Å²) in [6.07, 6.45) is 7.41. The van der Waals surface area contributed by atoms with Crippen LogP contribution in [0.1, 0.15) is 25.7 Å². The van der Waals surface area contributed by atoms with Crippen LogP contribution in [0.4, 0.5) is 0 Å². The Bertz CT molecular complexity index is 200. The minimum Gasteiger partial charge on any atom is -0.394 e. The fourth-order valence-corrected chi connectivity index (χ4v) is 2.49. The van der Waals surface area contributed by atoms with E-state index >= 15 is 0 Å². The summed E-state index contributed by atoms with van der Waals surface area (Å²) in [6, 6.07) is 0.388. The molecule has 2 aliphatic rings. The molecule has 2 nitrogen and oxygen atoms in total. The predicted molar refractivity (Wildman–Crippen MR) is 48.7 cm³/mol. The van der Waals surface area contributed by atoms with Crippen LogP contribution in [0.25, 0.3) is 0 Å². The Morgan fingerprint density at radius 3 is 3.17 bits per heavy atom. The molecule has 2 atom stereocenters. The largest absolute Gasteiger partial charge is 0.394 e. The van der Waals surface area contributed by atoms with E-state index in [0.29, 0.717) is 12.6 Å². The van der Waals surface area contributed by atoms with Gasteiger partial charge >= 0.3 is 0 Å². The molecule has 0 spiro atoms. The number of likely N-dealkylation sites (N-methyl/N-ethyl adjacent to an activating group) is 1. The van der Waals surface area contributed by atoms with Gasteiger partial charge in [-0.25, -0.2) is 0 Å². The SMILES string of the molecule is CN1C2=CCCCC2C[C@@H]1CO. The van der Waals surface area contributed by atoms with Crippen LogP contribution in [0.5, 0.6) is 0 Å². The number of aliphatic hydroxyl groups excluding tert-OH is 1. The molecule has 12 heavy (non-hydrogen) atoms. The minimum absolute atomic E-state index is 0.310. The van der Waals surface area contributed by atoms with Gasteiger partial charge in [0.25, 0.3) is 0 Å². The van der Waals surface area contributed by atoms with Crippen molar-refractivity contribution in [2.45, 2.75) is 31.7 Å². The second-order valence-electron chi connectivity index (χ2n) is 3.94. The van der Waals surface area contributed by atoms with Crippen LogP contribution in [-0.4, -0.2) is 29.7 Å². The average molecular weight is 167 g/mol. The van der Waals surface area contributed by atoms with Crippen molar-refractivity contribution in [3.05, 3.63) is 11.8 Å². The van der Waals surface area contributed by atoms with Crippen LogP contribution in [0.3, 0.4) is 0 Å². The van der Waals surface area contributed by atoms with Crippen molar-refractivity contribution in [1.29, 1.82) is 0 Å². The third-order valence-electron chi connectivity index (χ3n) is 3.25. The molecule has 1 unspecified atom stereocenters. The summed E-state index contributed by atoms with van der Waals surface area (Å²) >= 11 is 0. The van der Waals surface area contributed by atoms with E-state index < -0.39 is 0 Å². The Balaban J connectivity index is 2.15. The van der Waals surface area contributed by atoms with Gasteiger partial charge in [0, 0.05) is 18.7 Å². The molecule has 0 saturated carbocycles. The number of allylic oxidation sites excluding steroid dienone is 2. The van der Waals surface area contributed by atoms with E-state index in [9.17, 15) is 0 Å². The highest BCUT2D eigenvalue weighted by molar-refractivity contribution is 5.15. The van der Waals surface area contributed by atoms with Crippen molar-refractivity contribution >= 4 is 0 Å². The average Bonchev–Trinajstić information content (AvgIpc) is 2.44. The van der Waals surface area contributed by atoms with Gasteiger partial charge in [0.05, 0.1) is 12.6 Å². The topological polar surface area (TPSA) is 23.5 Å². The van der Waals surface area contributed by atoms with Crippen LogP contribution < -0.4 is 0 Å². The molecule has 1 N–H and O–H groups in total. The predicted octanol–water partition coefficient (Wildman–Crippen LogP) is 1.37. The fourth-order valence-electron chi connectivity index (χ4n) is 2.49. The van der Waals surface area contributed by atoms with Gasteiger partial charge in [-0.3, -0.25) is 0 Å². The molecule has 1 aliphatic heterocycles. The highest BCUT2D eigenvalue weighted by Crippen LogP contribution is 2.38. The zero-order valence-corrected chi connectivity index (χ0v) is 7.66. The molecule has 0 aromatic rings. The smallest absolute Gasteiger partial charge is 0.0635 e. The molecule has 1 fully saturated rings. The van der Waals surface area contributed by atoms with E-state index in [1.54, 1.807) is 0 Å². The van der Waals surface area contributed by atoms with Crippen molar-refractivity contribution in [1.82, 2.24) is 4.90 Å². The zero-order chi connectivity index (χ0) is 8.55. The molecule has 1 saturated heterocycles. The van der Waals surface area contributed by atoms with E-state index in [-0.39, 0.29) is 0 Å². The van der Waals surface area contributed by atoms with Crippen LogP contribution in [0, 0.1) is 5.92 Å². The second kappa shape index (κ2) is 3.09. The van der Waals surface area contributed by atoms with Crippen molar-refractivity contribution in [3.63, 3.8) is 0 Å². The van der Waals surface area contributed by atoms with Gasteiger partial charge < -0.3 is 10.0 Å². The quantitative estimate of drug-likeness (QED) is 0.637. The summed E-state index contributed by atoms with van der Waals surface area (Å²) < 4.78 is 0. The molecular weight excluding hydrogens is 150 g/mol. The van der Waals surface area contributed by atoms with E-state index in [0.717, 1.165) is 5.92 Å². The van der Waals surface area contributed by atoms with Crippen molar-refractivity contribution in [2.75, 3.05) is 13.7 Å².